The summed E-state index contributed by atoms with van der Waals surface area (Å²) in [5, 5.41) is 3.10. The summed E-state index contributed by atoms with van der Waals surface area (Å²) in [5.41, 5.74) is 2.38. The second kappa shape index (κ2) is 9.68. The normalized spacial score (nSPS) is 15.9. The van der Waals surface area contributed by atoms with Gasteiger partial charge in [-0.2, -0.15) is 4.31 Å². The van der Waals surface area contributed by atoms with Crippen LogP contribution in [0, 0.1) is 0 Å². The summed E-state index contributed by atoms with van der Waals surface area (Å²) in [4.78, 5) is 13.3. The average molecular weight is 454 g/mol. The van der Waals surface area contributed by atoms with Crippen molar-refractivity contribution in [1.29, 1.82) is 0 Å². The van der Waals surface area contributed by atoms with E-state index < -0.39 is 10.0 Å². The Morgan fingerprint density at radius 1 is 1.03 bits per heavy atom. The molecule has 1 saturated heterocycles. The number of ether oxygens (including phenoxy) is 1. The molecule has 1 unspecified atom stereocenters. The summed E-state index contributed by atoms with van der Waals surface area (Å²) < 4.78 is 34.2. The highest BCUT2D eigenvalue weighted by molar-refractivity contribution is 7.89. The van der Waals surface area contributed by atoms with Crippen LogP contribution in [0.3, 0.4) is 0 Å². The first kappa shape index (κ1) is 22.3. The number of carbonyl (C=O) groups is 1. The lowest BCUT2D eigenvalue weighted by atomic mass is 9.98. The molecule has 1 aromatic heterocycles. The Labute approximate surface area is 188 Å². The Morgan fingerprint density at radius 2 is 1.66 bits per heavy atom. The van der Waals surface area contributed by atoms with Crippen LogP contribution in [0.5, 0.6) is 0 Å². The number of nitrogens with one attached hydrogen (secondary N) is 1. The van der Waals surface area contributed by atoms with Crippen LogP contribution in [-0.4, -0.2) is 49.5 Å². The van der Waals surface area contributed by atoms with Crippen LogP contribution in [-0.2, 0) is 28.2 Å². The largest absolute Gasteiger partial charge is 0.379 e. The van der Waals surface area contributed by atoms with Gasteiger partial charge in [-0.05, 0) is 23.6 Å². The lowest BCUT2D eigenvalue weighted by molar-refractivity contribution is 0.0730. The Balaban J connectivity index is 1.57. The number of nitrogens with zero attached hydrogens (tertiary/aromatic N) is 2. The number of rotatable bonds is 7. The van der Waals surface area contributed by atoms with E-state index in [1.165, 1.54) is 16.6 Å². The maximum absolute atomic E-state index is 13.2. The minimum absolute atomic E-state index is 0.117. The number of aromatic nitrogens is 1. The van der Waals surface area contributed by atoms with E-state index in [1.807, 2.05) is 60.7 Å². The van der Waals surface area contributed by atoms with Crippen LogP contribution in [0.25, 0.3) is 0 Å². The van der Waals surface area contributed by atoms with Crippen molar-refractivity contribution in [1.82, 2.24) is 14.2 Å². The molecular formula is C24H27N3O4S. The Bertz CT molecular complexity index is 1150. The van der Waals surface area contributed by atoms with Gasteiger partial charge in [0.15, 0.2) is 0 Å². The Hall–Kier alpha value is -2.94. The molecule has 4 rings (SSSR count). The van der Waals surface area contributed by atoms with E-state index in [0.717, 1.165) is 11.1 Å². The smallest absolute Gasteiger partial charge is 0.268 e. The highest BCUT2D eigenvalue weighted by Crippen LogP contribution is 2.22. The minimum atomic E-state index is -3.67. The molecule has 1 amide bonds. The molecule has 3 aromatic rings. The van der Waals surface area contributed by atoms with Gasteiger partial charge in [0, 0.05) is 26.3 Å². The highest BCUT2D eigenvalue weighted by atomic mass is 32.2. The van der Waals surface area contributed by atoms with Crippen molar-refractivity contribution in [3.05, 3.63) is 89.7 Å². The van der Waals surface area contributed by atoms with Gasteiger partial charge in [0.2, 0.25) is 10.0 Å². The quantitative estimate of drug-likeness (QED) is 0.597. The van der Waals surface area contributed by atoms with Crippen molar-refractivity contribution in [2.45, 2.75) is 17.4 Å². The molecule has 168 valence electrons. The summed E-state index contributed by atoms with van der Waals surface area (Å²) in [7, 11) is -1.99. The van der Waals surface area contributed by atoms with Crippen LogP contribution in [0.4, 0.5) is 0 Å². The predicted molar refractivity (Wildman–Crippen MR) is 122 cm³/mol. The third kappa shape index (κ3) is 4.93. The number of sulfonamides is 1. The maximum atomic E-state index is 13.2. The molecule has 7 nitrogen and oxygen atoms in total. The van der Waals surface area contributed by atoms with E-state index >= 15 is 0 Å². The summed E-state index contributed by atoms with van der Waals surface area (Å²) in [6.45, 7) is 1.37. The molecule has 0 spiro atoms. The number of hydrogen-bond donors (Lipinski definition) is 1. The van der Waals surface area contributed by atoms with Crippen LogP contribution >= 0.6 is 0 Å². The molecule has 1 aliphatic rings. The topological polar surface area (TPSA) is 80.6 Å². The second-order valence-corrected chi connectivity index (χ2v) is 9.75. The summed E-state index contributed by atoms with van der Waals surface area (Å²) >= 11 is 0. The van der Waals surface area contributed by atoms with E-state index in [4.69, 9.17) is 4.74 Å². The van der Waals surface area contributed by atoms with Gasteiger partial charge >= 0.3 is 0 Å². The maximum Gasteiger partial charge on any atom is 0.268 e. The first-order valence-electron chi connectivity index (χ1n) is 10.6. The fraction of sp³-hybridized carbons (Fsp3) is 0.292. The zero-order valence-electron chi connectivity index (χ0n) is 18.0. The summed E-state index contributed by atoms with van der Waals surface area (Å²) in [5.74, 6) is -0.319. The number of carbonyl (C=O) groups excluding carboxylic acids is 1. The van der Waals surface area contributed by atoms with Gasteiger partial charge in [-0.15, -0.1) is 0 Å². The van der Waals surface area contributed by atoms with Gasteiger partial charge < -0.3 is 14.6 Å². The third-order valence-corrected chi connectivity index (χ3v) is 7.47. The van der Waals surface area contributed by atoms with E-state index in [1.54, 1.807) is 11.6 Å². The van der Waals surface area contributed by atoms with Gasteiger partial charge in [-0.3, -0.25) is 4.79 Å². The molecule has 8 heteroatoms. The minimum Gasteiger partial charge on any atom is -0.379 e. The van der Waals surface area contributed by atoms with Gasteiger partial charge in [0.05, 0.1) is 19.3 Å². The molecule has 1 fully saturated rings. The Morgan fingerprint density at radius 3 is 2.31 bits per heavy atom. The van der Waals surface area contributed by atoms with Crippen molar-refractivity contribution < 1.29 is 17.9 Å². The van der Waals surface area contributed by atoms with Crippen LogP contribution in [0.15, 0.2) is 77.8 Å². The fourth-order valence-corrected chi connectivity index (χ4v) is 5.34. The fourth-order valence-electron chi connectivity index (χ4n) is 3.86. The van der Waals surface area contributed by atoms with E-state index in [2.05, 4.69) is 5.32 Å². The first-order chi connectivity index (χ1) is 15.4. The lowest BCUT2D eigenvalue weighted by Crippen LogP contribution is -2.40. The molecule has 2 aromatic carbocycles. The molecule has 1 atom stereocenters. The van der Waals surface area contributed by atoms with E-state index in [-0.39, 0.29) is 16.8 Å². The van der Waals surface area contributed by atoms with Crippen molar-refractivity contribution in [3.63, 3.8) is 0 Å². The summed E-state index contributed by atoms with van der Waals surface area (Å²) in [6, 6.07) is 20.9. The second-order valence-electron chi connectivity index (χ2n) is 7.81. The zero-order chi connectivity index (χ0) is 22.6. The predicted octanol–water partition coefficient (Wildman–Crippen LogP) is 2.76. The SMILES string of the molecule is Cn1cc(S(=O)(=O)N2CCOCC2)cc1C(=O)NC(Cc1ccccc1)c1ccccc1. The monoisotopic (exact) mass is 453 g/mol. The molecule has 0 bridgehead atoms. The van der Waals surface area contributed by atoms with Crippen LogP contribution < -0.4 is 5.32 Å². The molecule has 32 heavy (non-hydrogen) atoms. The third-order valence-electron chi connectivity index (χ3n) is 5.61. The van der Waals surface area contributed by atoms with Crippen LogP contribution in [0.2, 0.25) is 0 Å². The molecule has 0 radical (unpaired) electrons. The number of amides is 1. The highest BCUT2D eigenvalue weighted by Gasteiger charge is 2.29. The molecule has 0 aliphatic carbocycles. The van der Waals surface area contributed by atoms with Gasteiger partial charge in [0.1, 0.15) is 10.6 Å². The van der Waals surface area contributed by atoms with Crippen molar-refractivity contribution in [3.8, 4) is 0 Å². The molecule has 0 saturated carbocycles. The van der Waals surface area contributed by atoms with Crippen molar-refractivity contribution >= 4 is 15.9 Å². The standard InChI is InChI=1S/C24H27N3O4S/c1-26-18-21(32(29,30)27-12-14-31-15-13-27)17-23(26)24(28)25-22(20-10-6-3-7-11-20)16-19-8-4-2-5-9-19/h2-11,17-18,22H,12-16H2,1H3,(H,25,28). The van der Waals surface area contributed by atoms with Gasteiger partial charge in [-0.1, -0.05) is 60.7 Å². The molecular weight excluding hydrogens is 426 g/mol. The van der Waals surface area contributed by atoms with Crippen molar-refractivity contribution in [2.75, 3.05) is 26.3 Å². The number of morpholine rings is 1. The number of benzene rings is 2. The Kier molecular flexibility index (Phi) is 6.74. The van der Waals surface area contributed by atoms with Gasteiger partial charge in [-0.25, -0.2) is 8.42 Å². The number of aryl methyl sites for hydroxylation is 1. The van der Waals surface area contributed by atoms with Crippen LogP contribution in [0.1, 0.15) is 27.7 Å². The zero-order valence-corrected chi connectivity index (χ0v) is 18.8. The summed E-state index contributed by atoms with van der Waals surface area (Å²) in [6.07, 6.45) is 2.12. The first-order valence-corrected chi connectivity index (χ1v) is 12.0. The molecule has 2 heterocycles. The molecule has 1 N–H and O–H groups in total. The molecule has 1 aliphatic heterocycles. The van der Waals surface area contributed by atoms with E-state index in [0.29, 0.717) is 38.4 Å². The number of hydrogen-bond acceptors (Lipinski definition) is 4. The average Bonchev–Trinajstić information content (AvgIpc) is 3.23. The van der Waals surface area contributed by atoms with Crippen molar-refractivity contribution in [2.24, 2.45) is 7.05 Å². The van der Waals surface area contributed by atoms with E-state index in [9.17, 15) is 13.2 Å². The van der Waals surface area contributed by atoms with Gasteiger partial charge in [0.25, 0.3) is 5.91 Å². The lowest BCUT2D eigenvalue weighted by Gasteiger charge is -2.25.